The van der Waals surface area contributed by atoms with E-state index in [1.807, 2.05) is 0 Å². The van der Waals surface area contributed by atoms with Crippen LogP contribution in [-0.4, -0.2) is 27.2 Å². The fourth-order valence-corrected chi connectivity index (χ4v) is 4.26. The van der Waals surface area contributed by atoms with Gasteiger partial charge in [-0.2, -0.15) is 0 Å². The highest BCUT2D eigenvalue weighted by Gasteiger charge is 2.28. The minimum atomic E-state index is -1.98. The first-order chi connectivity index (χ1) is 12.4. The van der Waals surface area contributed by atoms with Crippen LogP contribution in [0.4, 0.5) is 4.79 Å². The minimum absolute atomic E-state index is 0.0580. The van der Waals surface area contributed by atoms with Gasteiger partial charge in [-0.05, 0) is 36.5 Å². The second-order valence-corrected chi connectivity index (χ2v) is 7.94. The van der Waals surface area contributed by atoms with Crippen molar-refractivity contribution in [1.29, 1.82) is 0 Å². The first-order valence-electron chi connectivity index (χ1n) is 8.85. The molecule has 26 heavy (non-hydrogen) atoms. The molecule has 6 nitrogen and oxygen atoms in total. The number of nitrogens with one attached hydrogen (secondary N) is 2. The third kappa shape index (κ3) is 6.07. The summed E-state index contributed by atoms with van der Waals surface area (Å²) in [7, 11) is 0. The van der Waals surface area contributed by atoms with Crippen molar-refractivity contribution in [3.8, 4) is 0 Å². The average Bonchev–Trinajstić information content (AvgIpc) is 3.07. The van der Waals surface area contributed by atoms with Crippen molar-refractivity contribution < 1.29 is 18.4 Å². The van der Waals surface area contributed by atoms with Gasteiger partial charge in [-0.25, -0.2) is 9.00 Å². The molecule has 144 valence electrons. The van der Waals surface area contributed by atoms with Gasteiger partial charge in [0.05, 0.1) is 11.7 Å². The molecule has 0 bridgehead atoms. The molecule has 2 atom stereocenters. The van der Waals surface area contributed by atoms with Crippen LogP contribution < -0.4 is 10.6 Å². The van der Waals surface area contributed by atoms with Gasteiger partial charge in [-0.15, -0.1) is 0 Å². The molecule has 2 unspecified atom stereocenters. The van der Waals surface area contributed by atoms with E-state index in [2.05, 4.69) is 10.6 Å². The second kappa shape index (κ2) is 10.0. The van der Waals surface area contributed by atoms with Crippen molar-refractivity contribution in [2.45, 2.75) is 50.7 Å². The predicted molar refractivity (Wildman–Crippen MR) is 102 cm³/mol. The lowest BCUT2D eigenvalue weighted by Crippen LogP contribution is -2.42. The third-order valence-corrected chi connectivity index (χ3v) is 5.60. The zero-order valence-electron chi connectivity index (χ0n) is 14.8. The van der Waals surface area contributed by atoms with E-state index in [1.165, 1.54) is 0 Å². The number of hydrogen-bond donors (Lipinski definition) is 3. The lowest BCUT2D eigenvalue weighted by atomic mass is 9.87. The topological polar surface area (TPSA) is 95.5 Å². The molecule has 1 aromatic rings. The highest BCUT2D eigenvalue weighted by molar-refractivity contribution is 7.78. The number of rotatable bonds is 7. The number of urea groups is 1. The van der Waals surface area contributed by atoms with Crippen molar-refractivity contribution in [2.24, 2.45) is 5.92 Å². The summed E-state index contributed by atoms with van der Waals surface area (Å²) in [6.45, 7) is 2.22. The second-order valence-electron chi connectivity index (χ2n) is 6.60. The minimum Gasteiger partial charge on any atom is -0.338 e. The Balaban J connectivity index is 2.21. The Hall–Kier alpha value is -1.44. The van der Waals surface area contributed by atoms with Gasteiger partial charge in [0.15, 0.2) is 11.1 Å². The quantitative estimate of drug-likeness (QED) is 0.609. The Bertz CT molecular complexity index is 677. The van der Waals surface area contributed by atoms with E-state index in [4.69, 9.17) is 16.2 Å². The van der Waals surface area contributed by atoms with Gasteiger partial charge in [0.1, 0.15) is 0 Å². The molecule has 1 saturated carbocycles. The van der Waals surface area contributed by atoms with Gasteiger partial charge >= 0.3 is 6.03 Å². The van der Waals surface area contributed by atoms with E-state index in [0.717, 1.165) is 31.2 Å². The number of imide groups is 1. The summed E-state index contributed by atoms with van der Waals surface area (Å²) in [6, 6.07) is 4.59. The Labute approximate surface area is 161 Å². The Morgan fingerprint density at radius 1 is 1.35 bits per heavy atom. The van der Waals surface area contributed by atoms with Crippen LogP contribution in [-0.2, 0) is 21.6 Å². The standard InChI is InChI=1S/C18H25ClN2O4S/c1-2-20-18(23)21-17(22)15(9-12-5-3-4-6-12)13-7-8-14(11-26(24)25)16(19)10-13/h7-8,10,12,15H,2-6,9,11H2,1H3,(H,24,25)(H2,20,21,22,23). The molecule has 0 aromatic heterocycles. The highest BCUT2D eigenvalue weighted by Crippen LogP contribution is 2.35. The Kier molecular flexibility index (Phi) is 8.06. The summed E-state index contributed by atoms with van der Waals surface area (Å²) in [4.78, 5) is 24.4. The number of halogens is 1. The van der Waals surface area contributed by atoms with E-state index in [1.54, 1.807) is 25.1 Å². The van der Waals surface area contributed by atoms with Gasteiger partial charge in [0, 0.05) is 11.6 Å². The van der Waals surface area contributed by atoms with E-state index in [9.17, 15) is 13.8 Å². The van der Waals surface area contributed by atoms with Crippen LogP contribution in [0.5, 0.6) is 0 Å². The van der Waals surface area contributed by atoms with Crippen molar-refractivity contribution >= 4 is 34.6 Å². The lowest BCUT2D eigenvalue weighted by molar-refractivity contribution is -0.121. The largest absolute Gasteiger partial charge is 0.338 e. The van der Waals surface area contributed by atoms with Crippen molar-refractivity contribution in [1.82, 2.24) is 10.6 Å². The van der Waals surface area contributed by atoms with Crippen molar-refractivity contribution in [3.05, 3.63) is 34.3 Å². The van der Waals surface area contributed by atoms with Crippen LogP contribution in [0.2, 0.25) is 5.02 Å². The van der Waals surface area contributed by atoms with Crippen LogP contribution in [0.1, 0.15) is 56.1 Å². The van der Waals surface area contributed by atoms with Crippen LogP contribution in [0, 0.1) is 5.92 Å². The third-order valence-electron chi connectivity index (χ3n) is 4.69. The summed E-state index contributed by atoms with van der Waals surface area (Å²) in [5, 5.41) is 5.31. The number of hydrogen-bond acceptors (Lipinski definition) is 3. The molecule has 0 spiro atoms. The summed E-state index contributed by atoms with van der Waals surface area (Å²) in [6.07, 6.45) is 5.15. The maximum atomic E-state index is 12.7. The molecule has 0 radical (unpaired) electrons. The van der Waals surface area contributed by atoms with Gasteiger partial charge in [-0.1, -0.05) is 49.4 Å². The molecule has 3 amide bonds. The van der Waals surface area contributed by atoms with Crippen molar-refractivity contribution in [3.63, 3.8) is 0 Å². The first kappa shape index (κ1) is 20.9. The van der Waals surface area contributed by atoms with Gasteiger partial charge in [0.25, 0.3) is 0 Å². The summed E-state index contributed by atoms with van der Waals surface area (Å²) in [5.74, 6) is -0.440. The molecule has 0 saturated heterocycles. The molecule has 1 aliphatic carbocycles. The maximum absolute atomic E-state index is 12.7. The summed E-state index contributed by atoms with van der Waals surface area (Å²) < 4.78 is 20.0. The van der Waals surface area contributed by atoms with Crippen molar-refractivity contribution in [2.75, 3.05) is 6.54 Å². The predicted octanol–water partition coefficient (Wildman–Crippen LogP) is 3.57. The Morgan fingerprint density at radius 2 is 2.04 bits per heavy atom. The summed E-state index contributed by atoms with van der Waals surface area (Å²) >= 11 is 4.25. The molecule has 2 rings (SSSR count). The van der Waals surface area contributed by atoms with Gasteiger partial charge < -0.3 is 9.87 Å². The number of amides is 3. The fourth-order valence-electron chi connectivity index (χ4n) is 3.41. The molecule has 8 heteroatoms. The fraction of sp³-hybridized carbons (Fsp3) is 0.556. The van der Waals surface area contributed by atoms with Gasteiger partial charge in [0.2, 0.25) is 5.91 Å². The average molecular weight is 401 g/mol. The molecule has 1 aromatic carbocycles. The zero-order valence-corrected chi connectivity index (χ0v) is 16.4. The Morgan fingerprint density at radius 3 is 2.62 bits per heavy atom. The SMILES string of the molecule is CCNC(=O)NC(=O)C(CC1CCCC1)c1ccc(CS(=O)O)c(Cl)c1. The lowest BCUT2D eigenvalue weighted by Gasteiger charge is -2.21. The van der Waals surface area contributed by atoms with E-state index in [0.29, 0.717) is 29.5 Å². The maximum Gasteiger partial charge on any atom is 0.321 e. The first-order valence-corrected chi connectivity index (χ1v) is 10.5. The van der Waals surface area contributed by atoms with Gasteiger partial charge in [-0.3, -0.25) is 10.1 Å². The molecule has 3 N–H and O–H groups in total. The highest BCUT2D eigenvalue weighted by atomic mass is 35.5. The van der Waals surface area contributed by atoms with E-state index in [-0.39, 0.29) is 11.7 Å². The zero-order chi connectivity index (χ0) is 19.1. The number of carbonyl (C=O) groups excluding carboxylic acids is 2. The van der Waals surface area contributed by atoms with E-state index >= 15 is 0 Å². The molecular weight excluding hydrogens is 376 g/mol. The molecule has 0 heterocycles. The van der Waals surface area contributed by atoms with Crippen LogP contribution in [0.25, 0.3) is 0 Å². The number of carbonyl (C=O) groups is 2. The molecule has 1 aliphatic rings. The molecule has 0 aliphatic heterocycles. The smallest absolute Gasteiger partial charge is 0.321 e. The van der Waals surface area contributed by atoms with Crippen LogP contribution >= 0.6 is 11.6 Å². The number of benzene rings is 1. The van der Waals surface area contributed by atoms with E-state index < -0.39 is 23.0 Å². The normalized spacial score (nSPS) is 16.9. The molecule has 1 fully saturated rings. The summed E-state index contributed by atoms with van der Waals surface area (Å²) in [5.41, 5.74) is 1.27. The van der Waals surface area contributed by atoms with Crippen LogP contribution in [0.3, 0.4) is 0 Å². The molecular formula is C18H25ClN2O4S. The van der Waals surface area contributed by atoms with Crippen LogP contribution in [0.15, 0.2) is 18.2 Å². The monoisotopic (exact) mass is 400 g/mol.